The fourth-order valence-electron chi connectivity index (χ4n) is 1.06. The second-order valence-corrected chi connectivity index (χ2v) is 3.17. The molecule has 1 aromatic rings. The molecule has 0 radical (unpaired) electrons. The molecule has 6 heteroatoms. The van der Waals surface area contributed by atoms with E-state index in [0.29, 0.717) is 6.26 Å². The lowest BCUT2D eigenvalue weighted by Gasteiger charge is -2.20. The lowest BCUT2D eigenvalue weighted by Crippen LogP contribution is -2.20. The largest absolute Gasteiger partial charge is 0.457 e. The summed E-state index contributed by atoms with van der Waals surface area (Å²) < 4.78 is 46.1. The molecular formula is C9H4ClF3O2. The Labute approximate surface area is 87.9 Å². The second kappa shape index (κ2) is 3.34. The molecule has 1 aliphatic rings. The molecule has 80 valence electrons. The lowest BCUT2D eigenvalue weighted by atomic mass is 10.3. The Balaban J connectivity index is 2.37. The van der Waals surface area contributed by atoms with Gasteiger partial charge in [0.05, 0.1) is 5.02 Å². The van der Waals surface area contributed by atoms with Gasteiger partial charge in [-0.15, -0.1) is 0 Å². The van der Waals surface area contributed by atoms with Crippen LogP contribution in [0.3, 0.4) is 0 Å². The summed E-state index contributed by atoms with van der Waals surface area (Å²) in [5.74, 6) is -1.17. The van der Waals surface area contributed by atoms with E-state index in [1.165, 1.54) is 12.1 Å². The van der Waals surface area contributed by atoms with Crippen molar-refractivity contribution >= 4 is 11.6 Å². The molecule has 0 aliphatic carbocycles. The van der Waals surface area contributed by atoms with Gasteiger partial charge in [-0.05, 0) is 12.1 Å². The van der Waals surface area contributed by atoms with E-state index in [2.05, 4.69) is 4.74 Å². The number of rotatable bonds is 0. The first-order valence-electron chi connectivity index (χ1n) is 3.89. The van der Waals surface area contributed by atoms with Crippen molar-refractivity contribution in [2.75, 3.05) is 0 Å². The molecule has 1 aliphatic heterocycles. The normalized spacial score (nSPS) is 14.8. The molecule has 2 nitrogen and oxygen atoms in total. The summed E-state index contributed by atoms with van der Waals surface area (Å²) in [5.41, 5.74) is 0. The first kappa shape index (κ1) is 10.2. The van der Waals surface area contributed by atoms with Gasteiger partial charge in [-0.25, -0.2) is 0 Å². The van der Waals surface area contributed by atoms with Crippen LogP contribution >= 0.6 is 11.6 Å². The highest BCUT2D eigenvalue weighted by Gasteiger charge is 2.39. The van der Waals surface area contributed by atoms with Gasteiger partial charge in [0.2, 0.25) is 5.76 Å². The third-order valence-corrected chi connectivity index (χ3v) is 2.01. The zero-order valence-electron chi connectivity index (χ0n) is 7.14. The Kier molecular flexibility index (Phi) is 2.26. The van der Waals surface area contributed by atoms with Gasteiger partial charge >= 0.3 is 6.18 Å². The average molecular weight is 237 g/mol. The number of halogens is 4. The molecule has 0 amide bonds. The number of para-hydroxylation sites is 1. The van der Waals surface area contributed by atoms with E-state index in [-0.39, 0.29) is 16.5 Å². The molecule has 0 fully saturated rings. The molecule has 0 bridgehead atoms. The van der Waals surface area contributed by atoms with Crippen LogP contribution in [0.1, 0.15) is 0 Å². The maximum Gasteiger partial charge on any atom is 0.452 e. The van der Waals surface area contributed by atoms with Crippen molar-refractivity contribution in [3.63, 3.8) is 0 Å². The Morgan fingerprint density at radius 3 is 2.60 bits per heavy atom. The van der Waals surface area contributed by atoms with Crippen LogP contribution in [-0.4, -0.2) is 6.18 Å². The van der Waals surface area contributed by atoms with Crippen LogP contribution in [0, 0.1) is 0 Å². The number of hydrogen-bond acceptors (Lipinski definition) is 2. The molecule has 0 N–H and O–H groups in total. The summed E-state index contributed by atoms with van der Waals surface area (Å²) in [6, 6.07) is 4.44. The van der Waals surface area contributed by atoms with E-state index in [1.807, 2.05) is 0 Å². The van der Waals surface area contributed by atoms with E-state index in [9.17, 15) is 13.2 Å². The highest BCUT2D eigenvalue weighted by Crippen LogP contribution is 2.41. The van der Waals surface area contributed by atoms with Crippen LogP contribution < -0.4 is 9.47 Å². The summed E-state index contributed by atoms with van der Waals surface area (Å²) in [7, 11) is 0. The van der Waals surface area contributed by atoms with Crippen molar-refractivity contribution in [2.24, 2.45) is 0 Å². The standard InChI is InChI=1S/C9H4ClF3O2/c10-5-2-1-3-6-8(5)15-7(4-14-6)9(11,12)13/h1-4H. The average Bonchev–Trinajstić information content (AvgIpc) is 2.16. The quantitative estimate of drug-likeness (QED) is 0.686. The van der Waals surface area contributed by atoms with Gasteiger partial charge in [0.15, 0.2) is 11.5 Å². The minimum Gasteiger partial charge on any atom is -0.457 e. The van der Waals surface area contributed by atoms with Crippen LogP contribution in [0.2, 0.25) is 5.02 Å². The lowest BCUT2D eigenvalue weighted by molar-refractivity contribution is -0.119. The van der Waals surface area contributed by atoms with Crippen LogP contribution in [-0.2, 0) is 0 Å². The molecular weight excluding hydrogens is 233 g/mol. The third-order valence-electron chi connectivity index (χ3n) is 1.72. The summed E-state index contributed by atoms with van der Waals surface area (Å²) >= 11 is 5.66. The zero-order valence-corrected chi connectivity index (χ0v) is 7.89. The number of hydrogen-bond donors (Lipinski definition) is 0. The molecule has 1 aromatic carbocycles. The second-order valence-electron chi connectivity index (χ2n) is 2.77. The van der Waals surface area contributed by atoms with Crippen molar-refractivity contribution in [2.45, 2.75) is 6.18 Å². The fraction of sp³-hybridized carbons (Fsp3) is 0.111. The SMILES string of the molecule is FC(F)(F)C1=COc2cccc(Cl)c2O1. The van der Waals surface area contributed by atoms with E-state index < -0.39 is 11.9 Å². The summed E-state index contributed by atoms with van der Waals surface area (Å²) in [4.78, 5) is 0. The van der Waals surface area contributed by atoms with Crippen molar-refractivity contribution in [1.29, 1.82) is 0 Å². The fourth-order valence-corrected chi connectivity index (χ4v) is 1.26. The van der Waals surface area contributed by atoms with Crippen LogP contribution in [0.5, 0.6) is 11.5 Å². The third kappa shape index (κ3) is 1.87. The van der Waals surface area contributed by atoms with E-state index in [4.69, 9.17) is 16.3 Å². The summed E-state index contributed by atoms with van der Waals surface area (Å²) in [5, 5.41) is 0.0716. The first-order valence-corrected chi connectivity index (χ1v) is 4.26. The summed E-state index contributed by atoms with van der Waals surface area (Å²) in [6.45, 7) is 0. The van der Waals surface area contributed by atoms with Gasteiger partial charge in [-0.1, -0.05) is 17.7 Å². The zero-order chi connectivity index (χ0) is 11.1. The van der Waals surface area contributed by atoms with Gasteiger partial charge in [-0.2, -0.15) is 13.2 Å². The van der Waals surface area contributed by atoms with Gasteiger partial charge in [0, 0.05) is 0 Å². The minimum absolute atomic E-state index is 0.0716. The molecule has 0 saturated carbocycles. The Hall–Kier alpha value is -1.36. The van der Waals surface area contributed by atoms with E-state index in [1.54, 1.807) is 6.07 Å². The van der Waals surface area contributed by atoms with E-state index >= 15 is 0 Å². The molecule has 0 unspecified atom stereocenters. The first-order chi connectivity index (χ1) is 6.98. The number of ether oxygens (including phenoxy) is 2. The van der Waals surface area contributed by atoms with Gasteiger partial charge in [0.1, 0.15) is 6.26 Å². The molecule has 0 atom stereocenters. The molecule has 15 heavy (non-hydrogen) atoms. The maximum atomic E-state index is 12.3. The molecule has 1 heterocycles. The van der Waals surface area contributed by atoms with Gasteiger partial charge < -0.3 is 9.47 Å². The summed E-state index contributed by atoms with van der Waals surface area (Å²) in [6.07, 6.45) is -4.07. The Morgan fingerprint density at radius 2 is 1.93 bits per heavy atom. The van der Waals surface area contributed by atoms with Crippen LogP contribution in [0.4, 0.5) is 13.2 Å². The van der Waals surface area contributed by atoms with Crippen molar-refractivity contribution in [3.8, 4) is 11.5 Å². The van der Waals surface area contributed by atoms with Crippen molar-refractivity contribution in [1.82, 2.24) is 0 Å². The number of fused-ring (bicyclic) bond motifs is 1. The number of benzene rings is 1. The number of alkyl halides is 3. The highest BCUT2D eigenvalue weighted by molar-refractivity contribution is 6.32. The van der Waals surface area contributed by atoms with E-state index in [0.717, 1.165) is 0 Å². The Bertz CT molecular complexity index is 426. The van der Waals surface area contributed by atoms with Crippen LogP contribution in [0.15, 0.2) is 30.2 Å². The molecule has 0 spiro atoms. The maximum absolute atomic E-state index is 12.3. The molecule has 0 saturated heterocycles. The minimum atomic E-state index is -4.59. The highest BCUT2D eigenvalue weighted by atomic mass is 35.5. The predicted octanol–water partition coefficient (Wildman–Crippen LogP) is 3.51. The molecule has 2 rings (SSSR count). The van der Waals surface area contributed by atoms with Crippen molar-refractivity contribution in [3.05, 3.63) is 35.2 Å². The monoisotopic (exact) mass is 236 g/mol. The predicted molar refractivity (Wildman–Crippen MR) is 46.8 cm³/mol. The smallest absolute Gasteiger partial charge is 0.452 e. The van der Waals surface area contributed by atoms with Gasteiger partial charge in [-0.3, -0.25) is 0 Å². The molecule has 0 aromatic heterocycles. The Morgan fingerprint density at radius 1 is 1.20 bits per heavy atom. The van der Waals surface area contributed by atoms with Gasteiger partial charge in [0.25, 0.3) is 0 Å². The van der Waals surface area contributed by atoms with Crippen molar-refractivity contribution < 1.29 is 22.6 Å². The number of allylic oxidation sites excluding steroid dienone is 1. The van der Waals surface area contributed by atoms with Crippen LogP contribution in [0.25, 0.3) is 0 Å². The topological polar surface area (TPSA) is 18.5 Å².